The number of H-pyrrole nitrogens is 1. The maximum Gasteiger partial charge on any atom is 0.0926 e. The van der Waals surface area contributed by atoms with Gasteiger partial charge in [0.05, 0.1) is 5.52 Å². The first-order valence-electron chi connectivity index (χ1n) is 4.63. The number of nitrogens with zero attached hydrogens (tertiary/aromatic N) is 1. The predicted molar refractivity (Wildman–Crippen MR) is 54.9 cm³/mol. The largest absolute Gasteiger partial charge is 0.282 e. The van der Waals surface area contributed by atoms with Crippen molar-refractivity contribution >= 4 is 10.9 Å². The second kappa shape index (κ2) is 2.87. The van der Waals surface area contributed by atoms with Crippen molar-refractivity contribution in [2.24, 2.45) is 0 Å². The van der Waals surface area contributed by atoms with E-state index >= 15 is 0 Å². The molecule has 1 aromatic heterocycles. The molecule has 0 saturated carbocycles. The topological polar surface area (TPSA) is 28.7 Å². The van der Waals surface area contributed by atoms with E-state index in [1.807, 2.05) is 6.92 Å². The summed E-state index contributed by atoms with van der Waals surface area (Å²) in [6.07, 6.45) is 0. The van der Waals surface area contributed by atoms with Crippen LogP contribution in [0.15, 0.2) is 18.2 Å². The van der Waals surface area contributed by atoms with E-state index in [1.54, 1.807) is 0 Å². The van der Waals surface area contributed by atoms with Gasteiger partial charge < -0.3 is 0 Å². The van der Waals surface area contributed by atoms with E-state index in [4.69, 9.17) is 0 Å². The van der Waals surface area contributed by atoms with Crippen molar-refractivity contribution in [1.29, 1.82) is 0 Å². The lowest BCUT2D eigenvalue weighted by Crippen LogP contribution is -1.85. The lowest BCUT2D eigenvalue weighted by atomic mass is 10.0. The molecule has 13 heavy (non-hydrogen) atoms. The Balaban J connectivity index is 2.63. The fraction of sp³-hybridized carbons (Fsp3) is 0.364. The number of rotatable bonds is 1. The number of hydrogen-bond donors (Lipinski definition) is 1. The predicted octanol–water partition coefficient (Wildman–Crippen LogP) is 2.99. The molecular weight excluding hydrogens is 160 g/mol. The van der Waals surface area contributed by atoms with Crippen LogP contribution in [0.5, 0.6) is 0 Å². The third-order valence-corrected chi connectivity index (χ3v) is 2.44. The van der Waals surface area contributed by atoms with Crippen molar-refractivity contribution in [1.82, 2.24) is 10.2 Å². The summed E-state index contributed by atoms with van der Waals surface area (Å²) in [5.41, 5.74) is 3.56. The molecule has 0 aliphatic heterocycles. The van der Waals surface area contributed by atoms with Gasteiger partial charge in [-0.15, -0.1) is 0 Å². The minimum atomic E-state index is 0.571. The van der Waals surface area contributed by atoms with Crippen molar-refractivity contribution in [3.8, 4) is 0 Å². The zero-order chi connectivity index (χ0) is 9.42. The lowest BCUT2D eigenvalue weighted by Gasteiger charge is -2.03. The Bertz CT molecular complexity index is 427. The first-order valence-corrected chi connectivity index (χ1v) is 4.63. The second-order valence-corrected chi connectivity index (χ2v) is 3.78. The van der Waals surface area contributed by atoms with E-state index < -0.39 is 0 Å². The Kier molecular flexibility index (Phi) is 1.83. The van der Waals surface area contributed by atoms with Crippen LogP contribution in [0, 0.1) is 6.92 Å². The average Bonchev–Trinajstić information content (AvgIpc) is 2.47. The van der Waals surface area contributed by atoms with Crippen molar-refractivity contribution in [3.63, 3.8) is 0 Å². The van der Waals surface area contributed by atoms with Gasteiger partial charge in [0.15, 0.2) is 0 Å². The Morgan fingerprint density at radius 3 is 2.77 bits per heavy atom. The van der Waals surface area contributed by atoms with Gasteiger partial charge in [-0.05, 0) is 24.5 Å². The molecule has 0 atom stereocenters. The number of hydrogen-bond acceptors (Lipinski definition) is 1. The van der Waals surface area contributed by atoms with E-state index in [0.717, 1.165) is 11.2 Å². The first-order chi connectivity index (χ1) is 6.18. The van der Waals surface area contributed by atoms with Gasteiger partial charge in [0.25, 0.3) is 0 Å². The molecule has 0 amide bonds. The lowest BCUT2D eigenvalue weighted by molar-refractivity contribution is 0.868. The van der Waals surface area contributed by atoms with Crippen LogP contribution in [0.2, 0.25) is 0 Å². The van der Waals surface area contributed by atoms with Gasteiger partial charge in [-0.25, -0.2) is 0 Å². The van der Waals surface area contributed by atoms with E-state index in [2.05, 4.69) is 42.2 Å². The van der Waals surface area contributed by atoms with Crippen LogP contribution < -0.4 is 0 Å². The zero-order valence-electron chi connectivity index (χ0n) is 8.26. The highest BCUT2D eigenvalue weighted by molar-refractivity contribution is 5.81. The van der Waals surface area contributed by atoms with Crippen molar-refractivity contribution in [3.05, 3.63) is 29.5 Å². The number of aromatic nitrogens is 2. The molecule has 0 unspecified atom stereocenters. The normalized spacial score (nSPS) is 11.4. The summed E-state index contributed by atoms with van der Waals surface area (Å²) in [5.74, 6) is 0.571. The van der Waals surface area contributed by atoms with Gasteiger partial charge >= 0.3 is 0 Å². The first kappa shape index (κ1) is 8.30. The fourth-order valence-corrected chi connectivity index (χ4v) is 1.52. The SMILES string of the molecule is Cc1[nH]nc2cc(C(C)C)ccc12. The van der Waals surface area contributed by atoms with Crippen LogP contribution in [0.4, 0.5) is 0 Å². The third-order valence-electron chi connectivity index (χ3n) is 2.44. The average molecular weight is 174 g/mol. The summed E-state index contributed by atoms with van der Waals surface area (Å²) in [4.78, 5) is 0. The third kappa shape index (κ3) is 1.32. The number of nitrogens with one attached hydrogen (secondary N) is 1. The number of aromatic amines is 1. The quantitative estimate of drug-likeness (QED) is 0.707. The molecule has 1 aromatic carbocycles. The summed E-state index contributed by atoms with van der Waals surface area (Å²) < 4.78 is 0. The molecule has 2 rings (SSSR count). The van der Waals surface area contributed by atoms with Crippen LogP contribution in [-0.4, -0.2) is 10.2 Å². The summed E-state index contributed by atoms with van der Waals surface area (Å²) in [6.45, 7) is 6.44. The molecule has 2 heteroatoms. The van der Waals surface area contributed by atoms with Crippen molar-refractivity contribution in [2.75, 3.05) is 0 Å². The molecule has 0 spiro atoms. The van der Waals surface area contributed by atoms with Gasteiger partial charge in [-0.2, -0.15) is 5.10 Å². The molecule has 0 aliphatic carbocycles. The molecule has 68 valence electrons. The molecule has 0 bridgehead atoms. The molecular formula is C11H14N2. The summed E-state index contributed by atoms with van der Waals surface area (Å²) in [5, 5.41) is 8.46. The van der Waals surface area contributed by atoms with Gasteiger partial charge in [-0.3, -0.25) is 5.10 Å². The van der Waals surface area contributed by atoms with E-state index in [9.17, 15) is 0 Å². The number of fused-ring (bicyclic) bond motifs is 1. The highest BCUT2D eigenvalue weighted by Gasteiger charge is 2.04. The zero-order valence-corrected chi connectivity index (χ0v) is 8.26. The maximum atomic E-state index is 4.24. The monoisotopic (exact) mass is 174 g/mol. The molecule has 0 radical (unpaired) electrons. The van der Waals surface area contributed by atoms with Crippen LogP contribution in [0.25, 0.3) is 10.9 Å². The van der Waals surface area contributed by atoms with E-state index in [1.165, 1.54) is 10.9 Å². The molecule has 0 aliphatic rings. The van der Waals surface area contributed by atoms with Gasteiger partial charge in [0.2, 0.25) is 0 Å². The molecule has 2 aromatic rings. The maximum absolute atomic E-state index is 4.24. The molecule has 0 saturated heterocycles. The van der Waals surface area contributed by atoms with Crippen LogP contribution in [0.3, 0.4) is 0 Å². The van der Waals surface area contributed by atoms with E-state index in [-0.39, 0.29) is 0 Å². The van der Waals surface area contributed by atoms with Crippen molar-refractivity contribution in [2.45, 2.75) is 26.7 Å². The highest BCUT2D eigenvalue weighted by Crippen LogP contribution is 2.21. The Labute approximate surface area is 78.0 Å². The minimum Gasteiger partial charge on any atom is -0.282 e. The van der Waals surface area contributed by atoms with Crippen LogP contribution >= 0.6 is 0 Å². The number of benzene rings is 1. The van der Waals surface area contributed by atoms with Crippen molar-refractivity contribution < 1.29 is 0 Å². The van der Waals surface area contributed by atoms with Gasteiger partial charge in [-0.1, -0.05) is 26.0 Å². The standard InChI is InChI=1S/C11H14N2/c1-7(2)9-4-5-10-8(3)12-13-11(10)6-9/h4-7H,1-3H3,(H,12,13). The molecule has 1 N–H and O–H groups in total. The fourth-order valence-electron chi connectivity index (χ4n) is 1.52. The van der Waals surface area contributed by atoms with E-state index in [0.29, 0.717) is 5.92 Å². The Hall–Kier alpha value is -1.31. The smallest absolute Gasteiger partial charge is 0.0926 e. The number of aryl methyl sites for hydroxylation is 1. The van der Waals surface area contributed by atoms with Gasteiger partial charge in [0, 0.05) is 11.1 Å². The minimum absolute atomic E-state index is 0.571. The molecule has 0 fully saturated rings. The van der Waals surface area contributed by atoms with Gasteiger partial charge in [0.1, 0.15) is 0 Å². The Morgan fingerprint density at radius 1 is 1.31 bits per heavy atom. The molecule has 1 heterocycles. The molecule has 2 nitrogen and oxygen atoms in total. The summed E-state index contributed by atoms with van der Waals surface area (Å²) in [6, 6.07) is 6.47. The van der Waals surface area contributed by atoms with Crippen LogP contribution in [-0.2, 0) is 0 Å². The van der Waals surface area contributed by atoms with Crippen LogP contribution in [0.1, 0.15) is 31.0 Å². The summed E-state index contributed by atoms with van der Waals surface area (Å²) >= 11 is 0. The Morgan fingerprint density at radius 2 is 2.08 bits per heavy atom. The summed E-state index contributed by atoms with van der Waals surface area (Å²) in [7, 11) is 0. The highest BCUT2D eigenvalue weighted by atomic mass is 15.1. The second-order valence-electron chi connectivity index (χ2n) is 3.78.